The second-order valence-corrected chi connectivity index (χ2v) is 8.24. The lowest BCUT2D eigenvalue weighted by Gasteiger charge is -2.27. The summed E-state index contributed by atoms with van der Waals surface area (Å²) in [5.74, 6) is -0.406. The normalized spacial score (nSPS) is 20.3. The predicted octanol–water partition coefficient (Wildman–Crippen LogP) is 1.02. The van der Waals surface area contributed by atoms with Gasteiger partial charge in [0.25, 0.3) is 5.69 Å². The highest BCUT2D eigenvalue weighted by Crippen LogP contribution is 2.20. The van der Waals surface area contributed by atoms with Crippen molar-refractivity contribution in [3.8, 4) is 0 Å². The molecule has 0 unspecified atom stereocenters. The Labute approximate surface area is 158 Å². The number of nitrogens with two attached hydrogens (primary N) is 1. The van der Waals surface area contributed by atoms with Gasteiger partial charge in [0.15, 0.2) is 0 Å². The lowest BCUT2D eigenvalue weighted by atomic mass is 9.92. The maximum Gasteiger partial charge on any atom is 0.270 e. The van der Waals surface area contributed by atoms with Crippen molar-refractivity contribution < 1.29 is 18.1 Å². The molecule has 1 aromatic rings. The number of halogens is 1. The van der Waals surface area contributed by atoms with E-state index >= 15 is 0 Å². The Balaban J connectivity index is 0.00000338. The fourth-order valence-corrected chi connectivity index (χ4v) is 3.93. The molecule has 2 rings (SSSR count). The largest absolute Gasteiger partial charge is 0.352 e. The van der Waals surface area contributed by atoms with Gasteiger partial charge in [-0.2, -0.15) is 4.31 Å². The van der Waals surface area contributed by atoms with Crippen molar-refractivity contribution in [2.24, 2.45) is 5.73 Å². The zero-order chi connectivity index (χ0) is 18.6. The van der Waals surface area contributed by atoms with E-state index in [2.05, 4.69) is 5.32 Å². The molecule has 1 aromatic carbocycles. The number of nitro benzene ring substituents is 1. The lowest BCUT2D eigenvalue weighted by Crippen LogP contribution is -2.45. The number of rotatable bonds is 6. The summed E-state index contributed by atoms with van der Waals surface area (Å²) in [6, 6.07) is 4.90. The second-order valence-electron chi connectivity index (χ2n) is 6.19. The fourth-order valence-electron chi connectivity index (χ4n) is 2.76. The van der Waals surface area contributed by atoms with Gasteiger partial charge in [0.1, 0.15) is 0 Å². The molecule has 3 N–H and O–H groups in total. The molecule has 0 saturated heterocycles. The summed E-state index contributed by atoms with van der Waals surface area (Å²) < 4.78 is 25.9. The molecule has 146 valence electrons. The summed E-state index contributed by atoms with van der Waals surface area (Å²) >= 11 is 0. The summed E-state index contributed by atoms with van der Waals surface area (Å²) in [6.07, 6.45) is 3.20. The van der Waals surface area contributed by atoms with Gasteiger partial charge in [-0.15, -0.1) is 12.4 Å². The Morgan fingerprint density at radius 3 is 2.54 bits per heavy atom. The van der Waals surface area contributed by atoms with Crippen molar-refractivity contribution >= 4 is 34.0 Å². The average Bonchev–Trinajstić information content (AvgIpc) is 2.57. The van der Waals surface area contributed by atoms with E-state index in [4.69, 9.17) is 5.73 Å². The standard InChI is InChI=1S/C15H22N4O5S.ClH/c1-18(10-15(20)17-12-7-5-11(16)6-8-12)25(23,24)14-4-2-3-13(9-14)19(21)22;/h2-4,9,11-12H,5-8,10,16H2,1H3,(H,17,20);1H. The highest BCUT2D eigenvalue weighted by atomic mass is 35.5. The third kappa shape index (κ3) is 5.63. The maximum atomic E-state index is 12.5. The number of likely N-dealkylation sites (N-methyl/N-ethyl adjacent to an activating group) is 1. The van der Waals surface area contributed by atoms with Crippen LogP contribution in [0.25, 0.3) is 0 Å². The average molecular weight is 407 g/mol. The molecule has 0 heterocycles. The van der Waals surface area contributed by atoms with Crippen LogP contribution in [0.2, 0.25) is 0 Å². The number of sulfonamides is 1. The molecular formula is C15H23ClN4O5S. The number of hydrogen-bond donors (Lipinski definition) is 2. The van der Waals surface area contributed by atoms with Crippen molar-refractivity contribution in [1.82, 2.24) is 9.62 Å². The van der Waals surface area contributed by atoms with Crippen LogP contribution in [0.4, 0.5) is 5.69 Å². The first kappa shape index (κ1) is 22.3. The summed E-state index contributed by atoms with van der Waals surface area (Å²) in [5, 5.41) is 13.6. The molecule has 0 spiro atoms. The van der Waals surface area contributed by atoms with E-state index in [1.165, 1.54) is 25.2 Å². The van der Waals surface area contributed by atoms with Gasteiger partial charge in [0, 0.05) is 31.3 Å². The van der Waals surface area contributed by atoms with Crippen molar-refractivity contribution in [2.45, 2.75) is 42.7 Å². The Bertz CT molecular complexity index is 750. The minimum absolute atomic E-state index is 0. The van der Waals surface area contributed by atoms with Crippen molar-refractivity contribution in [1.29, 1.82) is 0 Å². The Kier molecular flexibility index (Phi) is 7.94. The molecule has 0 atom stereocenters. The van der Waals surface area contributed by atoms with E-state index in [9.17, 15) is 23.3 Å². The molecule has 1 amide bonds. The van der Waals surface area contributed by atoms with Crippen LogP contribution in [-0.2, 0) is 14.8 Å². The minimum Gasteiger partial charge on any atom is -0.352 e. The first-order valence-corrected chi connectivity index (χ1v) is 9.40. The van der Waals surface area contributed by atoms with Crippen LogP contribution in [0.5, 0.6) is 0 Å². The quantitative estimate of drug-likeness (QED) is 0.534. The first-order chi connectivity index (χ1) is 11.7. The molecule has 26 heavy (non-hydrogen) atoms. The number of nitrogens with zero attached hydrogens (tertiary/aromatic N) is 2. The zero-order valence-electron chi connectivity index (χ0n) is 14.3. The molecule has 0 aliphatic heterocycles. The lowest BCUT2D eigenvalue weighted by molar-refractivity contribution is -0.385. The maximum absolute atomic E-state index is 12.5. The molecule has 0 bridgehead atoms. The Morgan fingerprint density at radius 1 is 1.35 bits per heavy atom. The number of benzene rings is 1. The fraction of sp³-hybridized carbons (Fsp3) is 0.533. The molecule has 0 radical (unpaired) electrons. The van der Waals surface area contributed by atoms with Gasteiger partial charge in [-0.3, -0.25) is 14.9 Å². The molecule has 9 nitrogen and oxygen atoms in total. The van der Waals surface area contributed by atoms with Gasteiger partial charge >= 0.3 is 0 Å². The topological polar surface area (TPSA) is 136 Å². The van der Waals surface area contributed by atoms with Crippen LogP contribution in [0.3, 0.4) is 0 Å². The highest BCUT2D eigenvalue weighted by Gasteiger charge is 2.26. The molecule has 0 aromatic heterocycles. The third-order valence-electron chi connectivity index (χ3n) is 4.24. The highest BCUT2D eigenvalue weighted by molar-refractivity contribution is 7.89. The Morgan fingerprint density at radius 2 is 1.96 bits per heavy atom. The van der Waals surface area contributed by atoms with Crippen molar-refractivity contribution in [3.63, 3.8) is 0 Å². The monoisotopic (exact) mass is 406 g/mol. The Hall–Kier alpha value is -1.75. The van der Waals surface area contributed by atoms with Gasteiger partial charge in [0.2, 0.25) is 15.9 Å². The third-order valence-corrected chi connectivity index (χ3v) is 6.04. The minimum atomic E-state index is -3.99. The van der Waals surface area contributed by atoms with Crippen LogP contribution in [0, 0.1) is 10.1 Å². The van der Waals surface area contributed by atoms with E-state index in [1.807, 2.05) is 0 Å². The van der Waals surface area contributed by atoms with Gasteiger partial charge in [-0.25, -0.2) is 8.42 Å². The summed E-state index contributed by atoms with van der Waals surface area (Å²) in [6.45, 7) is -0.354. The number of amides is 1. The van der Waals surface area contributed by atoms with Crippen LogP contribution in [-0.4, -0.2) is 49.2 Å². The molecule has 1 aliphatic rings. The number of nitro groups is 1. The van der Waals surface area contributed by atoms with E-state index in [0.717, 1.165) is 36.1 Å². The van der Waals surface area contributed by atoms with Crippen LogP contribution < -0.4 is 11.1 Å². The number of carbonyl (C=O) groups excluding carboxylic acids is 1. The summed E-state index contributed by atoms with van der Waals surface area (Å²) in [4.78, 5) is 22.0. The molecular weight excluding hydrogens is 384 g/mol. The first-order valence-electron chi connectivity index (χ1n) is 7.96. The van der Waals surface area contributed by atoms with Crippen LogP contribution in [0.1, 0.15) is 25.7 Å². The SMILES string of the molecule is CN(CC(=O)NC1CCC(N)CC1)S(=O)(=O)c1cccc([N+](=O)[O-])c1.Cl. The second kappa shape index (κ2) is 9.26. The van der Waals surface area contributed by atoms with Gasteiger partial charge in [-0.1, -0.05) is 6.07 Å². The van der Waals surface area contributed by atoms with E-state index in [-0.39, 0.29) is 41.6 Å². The number of non-ortho nitro benzene ring substituents is 1. The van der Waals surface area contributed by atoms with Gasteiger partial charge in [0.05, 0.1) is 16.4 Å². The van der Waals surface area contributed by atoms with Crippen molar-refractivity contribution in [3.05, 3.63) is 34.4 Å². The number of carbonyl (C=O) groups is 1. The summed E-state index contributed by atoms with van der Waals surface area (Å²) in [7, 11) is -2.72. The predicted molar refractivity (Wildman–Crippen MR) is 98.5 cm³/mol. The molecule has 11 heteroatoms. The zero-order valence-corrected chi connectivity index (χ0v) is 16.0. The molecule has 1 saturated carbocycles. The van der Waals surface area contributed by atoms with Crippen molar-refractivity contribution in [2.75, 3.05) is 13.6 Å². The van der Waals surface area contributed by atoms with E-state index in [0.29, 0.717) is 0 Å². The number of nitrogens with one attached hydrogen (secondary N) is 1. The summed E-state index contributed by atoms with van der Waals surface area (Å²) in [5.41, 5.74) is 5.49. The van der Waals surface area contributed by atoms with Crippen LogP contribution in [0.15, 0.2) is 29.2 Å². The van der Waals surface area contributed by atoms with E-state index in [1.54, 1.807) is 0 Å². The van der Waals surface area contributed by atoms with Crippen LogP contribution >= 0.6 is 12.4 Å². The smallest absolute Gasteiger partial charge is 0.270 e. The molecule has 1 fully saturated rings. The van der Waals surface area contributed by atoms with Gasteiger partial charge < -0.3 is 11.1 Å². The molecule has 1 aliphatic carbocycles. The number of hydrogen-bond acceptors (Lipinski definition) is 6. The van der Waals surface area contributed by atoms with E-state index < -0.39 is 20.9 Å². The van der Waals surface area contributed by atoms with Gasteiger partial charge in [-0.05, 0) is 31.7 Å².